The standard InChI is InChI=1S/C15H23N/c1-10-8-12-9-13(15(3,4)5)6-7-14(12)16-11(10)2/h6-7,9-11,16H,8H2,1-5H3. The molecule has 2 rings (SSSR count). The van der Waals surface area contributed by atoms with E-state index >= 15 is 0 Å². The van der Waals surface area contributed by atoms with Gasteiger partial charge in [-0.3, -0.25) is 0 Å². The van der Waals surface area contributed by atoms with E-state index in [1.54, 1.807) is 0 Å². The SMILES string of the molecule is CC1Cc2cc(C(C)(C)C)ccc2NC1C. The molecule has 0 aliphatic carbocycles. The Morgan fingerprint density at radius 2 is 1.88 bits per heavy atom. The molecule has 1 aliphatic heterocycles. The number of anilines is 1. The average Bonchev–Trinajstić information content (AvgIpc) is 2.17. The van der Waals surface area contributed by atoms with Crippen molar-refractivity contribution < 1.29 is 0 Å². The average molecular weight is 217 g/mol. The second kappa shape index (κ2) is 3.80. The van der Waals surface area contributed by atoms with Crippen LogP contribution in [0.1, 0.15) is 45.7 Å². The van der Waals surface area contributed by atoms with Crippen LogP contribution in [0.15, 0.2) is 18.2 Å². The maximum Gasteiger partial charge on any atom is 0.0375 e. The minimum atomic E-state index is 0.251. The third kappa shape index (κ3) is 2.09. The molecule has 0 bridgehead atoms. The third-order valence-corrected chi connectivity index (χ3v) is 3.75. The Hall–Kier alpha value is -0.980. The molecule has 16 heavy (non-hydrogen) atoms. The van der Waals surface area contributed by atoms with Crippen LogP contribution in [0.5, 0.6) is 0 Å². The van der Waals surface area contributed by atoms with E-state index in [0.717, 1.165) is 5.92 Å². The van der Waals surface area contributed by atoms with Gasteiger partial charge in [-0.2, -0.15) is 0 Å². The predicted octanol–water partition coefficient (Wildman–Crippen LogP) is 3.98. The highest BCUT2D eigenvalue weighted by atomic mass is 14.9. The van der Waals surface area contributed by atoms with Crippen LogP contribution in [0.25, 0.3) is 0 Å². The maximum atomic E-state index is 3.59. The minimum absolute atomic E-state index is 0.251. The third-order valence-electron chi connectivity index (χ3n) is 3.75. The van der Waals surface area contributed by atoms with Crippen molar-refractivity contribution in [2.24, 2.45) is 5.92 Å². The molecule has 2 atom stereocenters. The highest BCUT2D eigenvalue weighted by Gasteiger charge is 2.23. The van der Waals surface area contributed by atoms with Crippen LogP contribution in [0.4, 0.5) is 5.69 Å². The molecule has 0 radical (unpaired) electrons. The first-order chi connectivity index (χ1) is 7.38. The van der Waals surface area contributed by atoms with Gasteiger partial charge in [0.1, 0.15) is 0 Å². The number of rotatable bonds is 0. The van der Waals surface area contributed by atoms with Gasteiger partial charge in [0.15, 0.2) is 0 Å². The van der Waals surface area contributed by atoms with E-state index in [4.69, 9.17) is 0 Å². The molecule has 1 heteroatoms. The Balaban J connectivity index is 2.37. The molecule has 0 fully saturated rings. The summed E-state index contributed by atoms with van der Waals surface area (Å²) in [5.74, 6) is 0.725. The molecule has 0 spiro atoms. The maximum absolute atomic E-state index is 3.59. The lowest BCUT2D eigenvalue weighted by Crippen LogP contribution is -2.30. The van der Waals surface area contributed by atoms with Crippen molar-refractivity contribution in [1.29, 1.82) is 0 Å². The van der Waals surface area contributed by atoms with Gasteiger partial charge in [-0.25, -0.2) is 0 Å². The molecule has 88 valence electrons. The quantitative estimate of drug-likeness (QED) is 0.693. The fourth-order valence-corrected chi connectivity index (χ4v) is 2.28. The number of benzene rings is 1. The zero-order valence-electron chi connectivity index (χ0n) is 11.1. The summed E-state index contributed by atoms with van der Waals surface area (Å²) < 4.78 is 0. The van der Waals surface area contributed by atoms with Crippen LogP contribution >= 0.6 is 0 Å². The molecule has 0 aromatic heterocycles. The summed E-state index contributed by atoms with van der Waals surface area (Å²) in [6.45, 7) is 11.4. The van der Waals surface area contributed by atoms with Gasteiger partial charge in [0, 0.05) is 11.7 Å². The minimum Gasteiger partial charge on any atom is -0.382 e. The largest absolute Gasteiger partial charge is 0.382 e. The molecule has 0 amide bonds. The highest BCUT2D eigenvalue weighted by Crippen LogP contribution is 2.32. The summed E-state index contributed by atoms with van der Waals surface area (Å²) in [5, 5.41) is 3.59. The van der Waals surface area contributed by atoms with E-state index in [0.29, 0.717) is 6.04 Å². The molecular weight excluding hydrogens is 194 g/mol. The van der Waals surface area contributed by atoms with Crippen molar-refractivity contribution in [2.45, 2.75) is 52.5 Å². The fraction of sp³-hybridized carbons (Fsp3) is 0.600. The van der Waals surface area contributed by atoms with Crippen molar-refractivity contribution >= 4 is 5.69 Å². The Labute approximate surface area is 99.3 Å². The Bertz CT molecular complexity index is 387. The fourth-order valence-electron chi connectivity index (χ4n) is 2.28. The molecule has 1 N–H and O–H groups in total. The van der Waals surface area contributed by atoms with Gasteiger partial charge >= 0.3 is 0 Å². The lowest BCUT2D eigenvalue weighted by atomic mass is 9.82. The van der Waals surface area contributed by atoms with Gasteiger partial charge in [-0.1, -0.05) is 39.8 Å². The zero-order valence-corrected chi connectivity index (χ0v) is 11.1. The molecule has 1 heterocycles. The Morgan fingerprint density at radius 1 is 1.19 bits per heavy atom. The zero-order chi connectivity index (χ0) is 11.9. The number of hydrogen-bond donors (Lipinski definition) is 1. The Kier molecular flexibility index (Phi) is 2.73. The van der Waals surface area contributed by atoms with Gasteiger partial charge in [0.25, 0.3) is 0 Å². The van der Waals surface area contributed by atoms with Crippen molar-refractivity contribution in [2.75, 3.05) is 5.32 Å². The van der Waals surface area contributed by atoms with Crippen LogP contribution in [-0.2, 0) is 11.8 Å². The number of hydrogen-bond acceptors (Lipinski definition) is 1. The highest BCUT2D eigenvalue weighted by molar-refractivity contribution is 5.56. The van der Waals surface area contributed by atoms with Crippen LogP contribution < -0.4 is 5.32 Å². The molecule has 0 saturated carbocycles. The molecular formula is C15H23N. The summed E-state index contributed by atoms with van der Waals surface area (Å²) in [6.07, 6.45) is 1.20. The normalized spacial score (nSPS) is 24.8. The smallest absolute Gasteiger partial charge is 0.0375 e. The van der Waals surface area contributed by atoms with Gasteiger partial charge in [-0.15, -0.1) is 0 Å². The summed E-state index contributed by atoms with van der Waals surface area (Å²) in [5.41, 5.74) is 4.51. The van der Waals surface area contributed by atoms with Gasteiger partial charge in [-0.05, 0) is 41.9 Å². The molecule has 1 aromatic carbocycles. The first-order valence-electron chi connectivity index (χ1n) is 6.28. The number of nitrogens with one attached hydrogen (secondary N) is 1. The first kappa shape index (κ1) is 11.5. The van der Waals surface area contributed by atoms with Crippen molar-refractivity contribution in [3.05, 3.63) is 29.3 Å². The van der Waals surface area contributed by atoms with E-state index in [2.05, 4.69) is 58.1 Å². The van der Waals surface area contributed by atoms with E-state index in [1.807, 2.05) is 0 Å². The summed E-state index contributed by atoms with van der Waals surface area (Å²) in [6, 6.07) is 7.48. The Morgan fingerprint density at radius 3 is 2.50 bits per heavy atom. The van der Waals surface area contributed by atoms with E-state index in [1.165, 1.54) is 23.2 Å². The van der Waals surface area contributed by atoms with Crippen molar-refractivity contribution in [3.63, 3.8) is 0 Å². The lowest BCUT2D eigenvalue weighted by Gasteiger charge is -2.31. The molecule has 1 aliphatic rings. The predicted molar refractivity (Wildman–Crippen MR) is 71.1 cm³/mol. The van der Waals surface area contributed by atoms with Gasteiger partial charge in [0.05, 0.1) is 0 Å². The summed E-state index contributed by atoms with van der Waals surface area (Å²) in [4.78, 5) is 0. The lowest BCUT2D eigenvalue weighted by molar-refractivity contribution is 0.490. The number of fused-ring (bicyclic) bond motifs is 1. The van der Waals surface area contributed by atoms with E-state index in [-0.39, 0.29) is 5.41 Å². The second-order valence-electron chi connectivity index (χ2n) is 6.24. The van der Waals surface area contributed by atoms with Crippen LogP contribution in [0.2, 0.25) is 0 Å². The molecule has 1 nitrogen and oxygen atoms in total. The first-order valence-corrected chi connectivity index (χ1v) is 6.28. The van der Waals surface area contributed by atoms with Gasteiger partial charge < -0.3 is 5.32 Å². The second-order valence-corrected chi connectivity index (χ2v) is 6.24. The van der Waals surface area contributed by atoms with E-state index in [9.17, 15) is 0 Å². The van der Waals surface area contributed by atoms with Crippen molar-refractivity contribution in [1.82, 2.24) is 0 Å². The van der Waals surface area contributed by atoms with Crippen LogP contribution in [0.3, 0.4) is 0 Å². The summed E-state index contributed by atoms with van der Waals surface area (Å²) >= 11 is 0. The molecule has 2 unspecified atom stereocenters. The van der Waals surface area contributed by atoms with E-state index < -0.39 is 0 Å². The van der Waals surface area contributed by atoms with Crippen LogP contribution in [-0.4, -0.2) is 6.04 Å². The topological polar surface area (TPSA) is 12.0 Å². The molecule has 1 aromatic rings. The summed E-state index contributed by atoms with van der Waals surface area (Å²) in [7, 11) is 0. The van der Waals surface area contributed by atoms with Crippen LogP contribution in [0, 0.1) is 5.92 Å². The molecule has 0 saturated heterocycles. The van der Waals surface area contributed by atoms with Gasteiger partial charge in [0.2, 0.25) is 0 Å². The monoisotopic (exact) mass is 217 g/mol. The van der Waals surface area contributed by atoms with Crippen molar-refractivity contribution in [3.8, 4) is 0 Å².